The van der Waals surface area contributed by atoms with E-state index in [1.54, 1.807) is 29.3 Å². The number of carbonyl (C=O) groups excluding carboxylic acids is 1. The molecule has 0 atom stereocenters. The lowest BCUT2D eigenvalue weighted by Crippen LogP contribution is -2.41. The van der Waals surface area contributed by atoms with E-state index in [9.17, 15) is 9.18 Å². The Kier molecular flexibility index (Phi) is 4.50. The van der Waals surface area contributed by atoms with E-state index in [4.69, 9.17) is 4.74 Å². The van der Waals surface area contributed by atoms with Gasteiger partial charge < -0.3 is 15.0 Å². The summed E-state index contributed by atoms with van der Waals surface area (Å²) >= 11 is 0. The van der Waals surface area contributed by atoms with Gasteiger partial charge in [-0.3, -0.25) is 9.78 Å². The van der Waals surface area contributed by atoms with Crippen molar-refractivity contribution in [3.8, 4) is 0 Å². The van der Waals surface area contributed by atoms with Gasteiger partial charge in [0.2, 0.25) is 0 Å². The fourth-order valence-electron chi connectivity index (χ4n) is 3.07. The zero-order valence-corrected chi connectivity index (χ0v) is 14.1. The number of halogens is 1. The summed E-state index contributed by atoms with van der Waals surface area (Å²) in [4.78, 5) is 19.2. The van der Waals surface area contributed by atoms with Crippen molar-refractivity contribution in [3.05, 3.63) is 66.1 Å². The summed E-state index contributed by atoms with van der Waals surface area (Å²) < 4.78 is 19.5. The average Bonchev–Trinajstić information content (AvgIpc) is 2.70. The van der Waals surface area contributed by atoms with Crippen LogP contribution in [0.25, 0.3) is 10.9 Å². The van der Waals surface area contributed by atoms with Gasteiger partial charge in [-0.15, -0.1) is 0 Å². The standard InChI is InChI=1S/C20H18FN3O2/c21-16-6-2-4-8-18(16)23-19-14-5-1-3-7-17(14)22-13-15(19)20(25)24-9-11-26-12-10-24/h1-8,13H,9-12H2,(H,22,23). The van der Waals surface area contributed by atoms with E-state index in [0.29, 0.717) is 43.2 Å². The van der Waals surface area contributed by atoms with Gasteiger partial charge in [0.25, 0.3) is 5.91 Å². The molecule has 2 aromatic carbocycles. The smallest absolute Gasteiger partial charge is 0.257 e. The maximum Gasteiger partial charge on any atom is 0.257 e. The summed E-state index contributed by atoms with van der Waals surface area (Å²) in [6.07, 6.45) is 1.56. The van der Waals surface area contributed by atoms with Crippen molar-refractivity contribution >= 4 is 28.2 Å². The summed E-state index contributed by atoms with van der Waals surface area (Å²) in [5.41, 5.74) is 2.05. The largest absolute Gasteiger partial charge is 0.378 e. The van der Waals surface area contributed by atoms with Crippen LogP contribution < -0.4 is 5.32 Å². The molecule has 4 rings (SSSR count). The first kappa shape index (κ1) is 16.5. The van der Waals surface area contributed by atoms with Crippen LogP contribution in [0.4, 0.5) is 15.8 Å². The summed E-state index contributed by atoms with van der Waals surface area (Å²) in [7, 11) is 0. The molecule has 6 heteroatoms. The SMILES string of the molecule is O=C(c1cnc2ccccc2c1Nc1ccccc1F)N1CCOCC1. The molecule has 1 amide bonds. The lowest BCUT2D eigenvalue weighted by Gasteiger charge is -2.28. The first-order chi connectivity index (χ1) is 12.7. The van der Waals surface area contributed by atoms with Crippen LogP contribution in [0.2, 0.25) is 0 Å². The van der Waals surface area contributed by atoms with E-state index in [-0.39, 0.29) is 11.7 Å². The summed E-state index contributed by atoms with van der Waals surface area (Å²) in [5, 5.41) is 3.88. The molecule has 5 nitrogen and oxygen atoms in total. The van der Waals surface area contributed by atoms with Crippen LogP contribution in [0.1, 0.15) is 10.4 Å². The van der Waals surface area contributed by atoms with Gasteiger partial charge in [-0.1, -0.05) is 30.3 Å². The second-order valence-electron chi connectivity index (χ2n) is 6.07. The number of para-hydroxylation sites is 2. The zero-order chi connectivity index (χ0) is 17.9. The molecule has 1 N–H and O–H groups in total. The van der Waals surface area contributed by atoms with E-state index in [1.807, 2.05) is 24.3 Å². The Labute approximate surface area is 150 Å². The number of morpholine rings is 1. The Balaban J connectivity index is 1.81. The molecule has 132 valence electrons. The molecule has 1 saturated heterocycles. The molecule has 0 saturated carbocycles. The van der Waals surface area contributed by atoms with E-state index >= 15 is 0 Å². The number of amides is 1. The summed E-state index contributed by atoms with van der Waals surface area (Å²) in [6, 6.07) is 13.9. The Bertz CT molecular complexity index is 955. The van der Waals surface area contributed by atoms with Gasteiger partial charge in [0, 0.05) is 24.7 Å². The molecule has 0 bridgehead atoms. The molecule has 1 aromatic heterocycles. The number of carbonyl (C=O) groups is 1. The second-order valence-corrected chi connectivity index (χ2v) is 6.07. The Hall–Kier alpha value is -2.99. The number of rotatable bonds is 3. The number of pyridine rings is 1. The monoisotopic (exact) mass is 351 g/mol. The zero-order valence-electron chi connectivity index (χ0n) is 14.1. The van der Waals surface area contributed by atoms with Crippen LogP contribution in [-0.2, 0) is 4.74 Å². The topological polar surface area (TPSA) is 54.5 Å². The van der Waals surface area contributed by atoms with Crippen LogP contribution in [0.3, 0.4) is 0 Å². The number of benzene rings is 2. The van der Waals surface area contributed by atoms with Gasteiger partial charge in [0.1, 0.15) is 5.82 Å². The number of hydrogen-bond donors (Lipinski definition) is 1. The molecular weight excluding hydrogens is 333 g/mol. The minimum atomic E-state index is -0.377. The molecule has 2 heterocycles. The fourth-order valence-corrected chi connectivity index (χ4v) is 3.07. The third-order valence-electron chi connectivity index (χ3n) is 4.44. The van der Waals surface area contributed by atoms with E-state index < -0.39 is 0 Å². The minimum absolute atomic E-state index is 0.134. The number of aromatic nitrogens is 1. The molecule has 1 fully saturated rings. The molecular formula is C20H18FN3O2. The molecule has 1 aliphatic rings. The van der Waals surface area contributed by atoms with Crippen molar-refractivity contribution < 1.29 is 13.9 Å². The summed E-state index contributed by atoms with van der Waals surface area (Å²) in [5.74, 6) is -0.511. The average molecular weight is 351 g/mol. The van der Waals surface area contributed by atoms with Gasteiger partial charge in [-0.05, 0) is 18.2 Å². The van der Waals surface area contributed by atoms with Crippen molar-refractivity contribution in [1.82, 2.24) is 9.88 Å². The highest BCUT2D eigenvalue weighted by Gasteiger charge is 2.23. The molecule has 0 aliphatic carbocycles. The minimum Gasteiger partial charge on any atom is -0.378 e. The highest BCUT2D eigenvalue weighted by atomic mass is 19.1. The van der Waals surface area contributed by atoms with E-state index in [0.717, 1.165) is 10.9 Å². The third-order valence-corrected chi connectivity index (χ3v) is 4.44. The van der Waals surface area contributed by atoms with Crippen molar-refractivity contribution in [1.29, 1.82) is 0 Å². The predicted molar refractivity (Wildman–Crippen MR) is 98.1 cm³/mol. The number of nitrogens with one attached hydrogen (secondary N) is 1. The van der Waals surface area contributed by atoms with Crippen molar-refractivity contribution in [2.24, 2.45) is 0 Å². The maximum atomic E-state index is 14.2. The lowest BCUT2D eigenvalue weighted by molar-refractivity contribution is 0.0303. The lowest BCUT2D eigenvalue weighted by atomic mass is 10.1. The number of nitrogens with zero attached hydrogens (tertiary/aromatic N) is 2. The van der Waals surface area contributed by atoms with E-state index in [2.05, 4.69) is 10.3 Å². The van der Waals surface area contributed by atoms with Crippen LogP contribution in [-0.4, -0.2) is 42.1 Å². The molecule has 26 heavy (non-hydrogen) atoms. The van der Waals surface area contributed by atoms with Crippen molar-refractivity contribution in [2.75, 3.05) is 31.6 Å². The molecule has 0 spiro atoms. The highest BCUT2D eigenvalue weighted by molar-refractivity contribution is 6.08. The van der Waals surface area contributed by atoms with Crippen molar-refractivity contribution in [3.63, 3.8) is 0 Å². The Morgan fingerprint density at radius 3 is 2.62 bits per heavy atom. The van der Waals surface area contributed by atoms with Crippen LogP contribution in [0.5, 0.6) is 0 Å². The third kappa shape index (κ3) is 3.11. The molecule has 3 aromatic rings. The number of ether oxygens (including phenoxy) is 1. The van der Waals surface area contributed by atoms with Crippen LogP contribution in [0.15, 0.2) is 54.7 Å². The number of hydrogen-bond acceptors (Lipinski definition) is 4. The van der Waals surface area contributed by atoms with E-state index in [1.165, 1.54) is 6.07 Å². The van der Waals surface area contributed by atoms with Crippen LogP contribution in [0, 0.1) is 5.82 Å². The van der Waals surface area contributed by atoms with Gasteiger partial charge >= 0.3 is 0 Å². The first-order valence-electron chi connectivity index (χ1n) is 8.50. The molecule has 0 unspecified atom stereocenters. The summed E-state index contributed by atoms with van der Waals surface area (Å²) in [6.45, 7) is 2.10. The second kappa shape index (κ2) is 7.09. The fraction of sp³-hybridized carbons (Fsp3) is 0.200. The number of fused-ring (bicyclic) bond motifs is 1. The number of anilines is 2. The highest BCUT2D eigenvalue weighted by Crippen LogP contribution is 2.31. The Morgan fingerprint density at radius 1 is 1.08 bits per heavy atom. The van der Waals surface area contributed by atoms with Crippen LogP contribution >= 0.6 is 0 Å². The molecule has 1 aliphatic heterocycles. The maximum absolute atomic E-state index is 14.2. The van der Waals surface area contributed by atoms with Gasteiger partial charge in [-0.25, -0.2) is 4.39 Å². The van der Waals surface area contributed by atoms with Gasteiger partial charge in [0.05, 0.1) is 35.7 Å². The van der Waals surface area contributed by atoms with Crippen molar-refractivity contribution in [2.45, 2.75) is 0 Å². The normalized spacial score (nSPS) is 14.4. The molecule has 0 radical (unpaired) electrons. The van der Waals surface area contributed by atoms with Gasteiger partial charge in [0.15, 0.2) is 0 Å². The Morgan fingerprint density at radius 2 is 1.81 bits per heavy atom. The van der Waals surface area contributed by atoms with Gasteiger partial charge in [-0.2, -0.15) is 0 Å². The quantitative estimate of drug-likeness (QED) is 0.783. The predicted octanol–water partition coefficient (Wildman–Crippen LogP) is 3.59. The first-order valence-corrected chi connectivity index (χ1v) is 8.50.